The Morgan fingerprint density at radius 3 is 2.54 bits per heavy atom. The van der Waals surface area contributed by atoms with Gasteiger partial charge in [0.2, 0.25) is 10.0 Å². The molecular formula is C16H17NO5S2. The molecule has 1 aromatic carbocycles. The molecule has 0 unspecified atom stereocenters. The molecule has 1 aliphatic rings. The van der Waals surface area contributed by atoms with Crippen molar-refractivity contribution in [1.29, 1.82) is 0 Å². The molecule has 8 heteroatoms. The lowest BCUT2D eigenvalue weighted by atomic mass is 10.3. The summed E-state index contributed by atoms with van der Waals surface area (Å²) in [6.07, 6.45) is 0. The van der Waals surface area contributed by atoms with E-state index < -0.39 is 16.0 Å². The number of sulfonamides is 1. The maximum atomic E-state index is 12.7. The van der Waals surface area contributed by atoms with Gasteiger partial charge in [-0.1, -0.05) is 18.2 Å². The number of carbonyl (C=O) groups is 1. The van der Waals surface area contributed by atoms with E-state index in [4.69, 9.17) is 9.47 Å². The van der Waals surface area contributed by atoms with E-state index in [1.165, 1.54) is 10.4 Å². The van der Waals surface area contributed by atoms with Crippen LogP contribution in [-0.4, -0.2) is 45.0 Å². The molecule has 0 aliphatic carbocycles. The second-order valence-electron chi connectivity index (χ2n) is 5.25. The van der Waals surface area contributed by atoms with Crippen molar-refractivity contribution >= 4 is 27.3 Å². The Labute approximate surface area is 144 Å². The van der Waals surface area contributed by atoms with Gasteiger partial charge >= 0.3 is 5.97 Å². The molecule has 3 rings (SSSR count). The van der Waals surface area contributed by atoms with Crippen molar-refractivity contribution in [3.8, 4) is 5.75 Å². The van der Waals surface area contributed by atoms with Crippen LogP contribution in [0.2, 0.25) is 0 Å². The quantitative estimate of drug-likeness (QED) is 0.612. The molecule has 2 aromatic rings. The summed E-state index contributed by atoms with van der Waals surface area (Å²) in [5.74, 6) is -0.135. The third-order valence-electron chi connectivity index (χ3n) is 3.62. The van der Waals surface area contributed by atoms with Gasteiger partial charge < -0.3 is 9.47 Å². The zero-order valence-corrected chi connectivity index (χ0v) is 14.7. The molecule has 0 amide bonds. The molecule has 1 aromatic heterocycles. The molecular weight excluding hydrogens is 350 g/mol. The lowest BCUT2D eigenvalue weighted by Gasteiger charge is -2.25. The predicted molar refractivity (Wildman–Crippen MR) is 90.0 cm³/mol. The maximum Gasteiger partial charge on any atom is 0.353 e. The fourth-order valence-electron chi connectivity index (χ4n) is 2.39. The predicted octanol–water partition coefficient (Wildman–Crippen LogP) is 2.30. The molecule has 2 heterocycles. The van der Waals surface area contributed by atoms with E-state index in [1.54, 1.807) is 31.2 Å². The number of morpholine rings is 1. The van der Waals surface area contributed by atoms with E-state index in [2.05, 4.69) is 0 Å². The normalized spacial score (nSPS) is 16.0. The Balaban J connectivity index is 1.83. The van der Waals surface area contributed by atoms with Crippen LogP contribution in [0, 0.1) is 6.92 Å². The summed E-state index contributed by atoms with van der Waals surface area (Å²) in [6, 6.07) is 10.1. The minimum atomic E-state index is -3.62. The molecule has 0 saturated carbocycles. The van der Waals surface area contributed by atoms with E-state index in [0.717, 1.165) is 11.3 Å². The van der Waals surface area contributed by atoms with E-state index in [9.17, 15) is 13.2 Å². The molecule has 0 atom stereocenters. The van der Waals surface area contributed by atoms with Crippen molar-refractivity contribution in [2.45, 2.75) is 11.8 Å². The molecule has 0 bridgehead atoms. The molecule has 0 spiro atoms. The Hall–Kier alpha value is -1.74. The van der Waals surface area contributed by atoms with Gasteiger partial charge in [0.1, 0.15) is 10.6 Å². The van der Waals surface area contributed by atoms with Crippen molar-refractivity contribution in [3.05, 3.63) is 46.2 Å². The van der Waals surface area contributed by atoms with Gasteiger partial charge in [0.15, 0.2) is 0 Å². The van der Waals surface area contributed by atoms with Crippen molar-refractivity contribution in [2.24, 2.45) is 0 Å². The lowest BCUT2D eigenvalue weighted by molar-refractivity contribution is 0.0729. The van der Waals surface area contributed by atoms with E-state index in [-0.39, 0.29) is 9.77 Å². The third-order valence-corrected chi connectivity index (χ3v) is 6.80. The average molecular weight is 367 g/mol. The van der Waals surface area contributed by atoms with Crippen LogP contribution in [0.1, 0.15) is 14.5 Å². The lowest BCUT2D eigenvalue weighted by Crippen LogP contribution is -2.40. The zero-order valence-electron chi connectivity index (χ0n) is 13.1. The van der Waals surface area contributed by atoms with Gasteiger partial charge in [-0.05, 0) is 25.1 Å². The number of hydrogen-bond acceptors (Lipinski definition) is 6. The first-order chi connectivity index (χ1) is 11.5. The second-order valence-corrected chi connectivity index (χ2v) is 8.41. The summed E-state index contributed by atoms with van der Waals surface area (Å²) >= 11 is 1.12. The number of benzene rings is 1. The SMILES string of the molecule is Cc1sc(C(=O)Oc2ccccc2)cc1S(=O)(=O)N1CCOCC1. The molecule has 1 aliphatic heterocycles. The third kappa shape index (κ3) is 3.51. The Bertz CT molecular complexity index is 823. The molecule has 128 valence electrons. The number of nitrogens with zero attached hydrogens (tertiary/aromatic N) is 1. The highest BCUT2D eigenvalue weighted by molar-refractivity contribution is 7.89. The Morgan fingerprint density at radius 2 is 1.88 bits per heavy atom. The molecule has 0 radical (unpaired) electrons. The van der Waals surface area contributed by atoms with Crippen LogP contribution in [-0.2, 0) is 14.8 Å². The number of ether oxygens (including phenoxy) is 2. The maximum absolute atomic E-state index is 12.7. The van der Waals surface area contributed by atoms with Gasteiger partial charge in [-0.25, -0.2) is 13.2 Å². The van der Waals surface area contributed by atoms with Crippen molar-refractivity contribution in [3.63, 3.8) is 0 Å². The monoisotopic (exact) mass is 367 g/mol. The average Bonchev–Trinajstić information content (AvgIpc) is 2.99. The first kappa shape index (κ1) is 17.1. The number of aryl methyl sites for hydroxylation is 1. The number of esters is 1. The Morgan fingerprint density at radius 1 is 1.21 bits per heavy atom. The van der Waals surface area contributed by atoms with Crippen LogP contribution in [0.25, 0.3) is 0 Å². The van der Waals surface area contributed by atoms with Gasteiger partial charge in [-0.3, -0.25) is 0 Å². The summed E-state index contributed by atoms with van der Waals surface area (Å²) in [5, 5.41) is 0. The summed E-state index contributed by atoms with van der Waals surface area (Å²) in [7, 11) is -3.62. The number of carbonyl (C=O) groups excluding carboxylic acids is 1. The smallest absolute Gasteiger partial charge is 0.353 e. The van der Waals surface area contributed by atoms with Gasteiger partial charge in [-0.15, -0.1) is 11.3 Å². The first-order valence-corrected chi connectivity index (χ1v) is 9.70. The largest absolute Gasteiger partial charge is 0.422 e. The molecule has 24 heavy (non-hydrogen) atoms. The van der Waals surface area contributed by atoms with Crippen LogP contribution in [0.3, 0.4) is 0 Å². The molecule has 1 saturated heterocycles. The van der Waals surface area contributed by atoms with Crippen LogP contribution >= 0.6 is 11.3 Å². The highest BCUT2D eigenvalue weighted by Crippen LogP contribution is 2.29. The summed E-state index contributed by atoms with van der Waals surface area (Å²) in [4.78, 5) is 13.2. The van der Waals surface area contributed by atoms with Crippen LogP contribution < -0.4 is 4.74 Å². The van der Waals surface area contributed by atoms with E-state index in [0.29, 0.717) is 36.9 Å². The zero-order chi connectivity index (χ0) is 17.2. The van der Waals surface area contributed by atoms with Gasteiger partial charge in [0, 0.05) is 18.0 Å². The molecule has 6 nitrogen and oxygen atoms in total. The Kier molecular flexibility index (Phi) is 5.00. The number of thiophene rings is 1. The van der Waals surface area contributed by atoms with Crippen LogP contribution in [0.5, 0.6) is 5.75 Å². The van der Waals surface area contributed by atoms with Crippen molar-refractivity contribution < 1.29 is 22.7 Å². The number of hydrogen-bond donors (Lipinski definition) is 0. The van der Waals surface area contributed by atoms with Crippen LogP contribution in [0.15, 0.2) is 41.3 Å². The van der Waals surface area contributed by atoms with E-state index >= 15 is 0 Å². The van der Waals surface area contributed by atoms with Gasteiger partial charge in [0.25, 0.3) is 0 Å². The van der Waals surface area contributed by atoms with Crippen LogP contribution in [0.4, 0.5) is 0 Å². The fraction of sp³-hybridized carbons (Fsp3) is 0.312. The minimum Gasteiger partial charge on any atom is -0.422 e. The van der Waals surface area contributed by atoms with Crippen molar-refractivity contribution in [1.82, 2.24) is 4.31 Å². The first-order valence-electron chi connectivity index (χ1n) is 7.44. The molecule has 1 fully saturated rings. The summed E-state index contributed by atoms with van der Waals surface area (Å²) in [6.45, 7) is 3.09. The second kappa shape index (κ2) is 7.02. The van der Waals surface area contributed by atoms with E-state index in [1.807, 2.05) is 6.07 Å². The topological polar surface area (TPSA) is 72.9 Å². The molecule has 0 N–H and O–H groups in total. The fourth-order valence-corrected chi connectivity index (χ4v) is 5.24. The number of rotatable bonds is 4. The van der Waals surface area contributed by atoms with Gasteiger partial charge in [-0.2, -0.15) is 4.31 Å². The number of para-hydroxylation sites is 1. The highest BCUT2D eigenvalue weighted by atomic mass is 32.2. The summed E-state index contributed by atoms with van der Waals surface area (Å²) in [5.41, 5.74) is 0. The summed E-state index contributed by atoms with van der Waals surface area (Å²) < 4.78 is 37.3. The van der Waals surface area contributed by atoms with Crippen molar-refractivity contribution in [2.75, 3.05) is 26.3 Å². The standard InChI is InChI=1S/C16H17NO5S2/c1-12-15(24(19,20)17-7-9-21-10-8-17)11-14(23-12)16(18)22-13-5-3-2-4-6-13/h2-6,11H,7-10H2,1H3. The highest BCUT2D eigenvalue weighted by Gasteiger charge is 2.30. The van der Waals surface area contributed by atoms with Gasteiger partial charge in [0.05, 0.1) is 18.1 Å². The minimum absolute atomic E-state index is 0.161.